The number of aromatic nitrogens is 3. The SMILES string of the molecule is CC(C)CCc1nnc(CN)n1C1CC1. The number of hydrogen-bond donors (Lipinski definition) is 1. The van der Waals surface area contributed by atoms with Crippen molar-refractivity contribution in [3.05, 3.63) is 11.6 Å². The van der Waals surface area contributed by atoms with Gasteiger partial charge >= 0.3 is 0 Å². The minimum absolute atomic E-state index is 0.505. The summed E-state index contributed by atoms with van der Waals surface area (Å²) < 4.78 is 2.27. The minimum Gasteiger partial charge on any atom is -0.324 e. The predicted octanol–water partition coefficient (Wildman–Crippen LogP) is 1.66. The molecule has 1 aromatic heterocycles. The van der Waals surface area contributed by atoms with Gasteiger partial charge in [0.1, 0.15) is 11.6 Å². The highest BCUT2D eigenvalue weighted by molar-refractivity contribution is 5.02. The van der Waals surface area contributed by atoms with E-state index in [1.807, 2.05) is 0 Å². The van der Waals surface area contributed by atoms with Crippen LogP contribution in [0.3, 0.4) is 0 Å². The molecule has 0 saturated heterocycles. The zero-order chi connectivity index (χ0) is 10.8. The highest BCUT2D eigenvalue weighted by Gasteiger charge is 2.28. The number of nitrogens with zero attached hydrogens (tertiary/aromatic N) is 3. The summed E-state index contributed by atoms with van der Waals surface area (Å²) in [6.45, 7) is 4.98. The fourth-order valence-electron chi connectivity index (χ4n) is 1.84. The lowest BCUT2D eigenvalue weighted by Crippen LogP contribution is -2.10. The zero-order valence-corrected chi connectivity index (χ0v) is 9.61. The monoisotopic (exact) mass is 208 g/mol. The van der Waals surface area contributed by atoms with Crippen LogP contribution < -0.4 is 5.73 Å². The molecule has 1 fully saturated rings. The summed E-state index contributed by atoms with van der Waals surface area (Å²) >= 11 is 0. The molecule has 2 rings (SSSR count). The standard InChI is InChI=1S/C11H20N4/c1-8(2)3-6-10-13-14-11(7-12)15(10)9-4-5-9/h8-9H,3-7,12H2,1-2H3. The molecule has 0 unspecified atom stereocenters. The second-order valence-electron chi connectivity index (χ2n) is 4.77. The number of rotatable bonds is 5. The van der Waals surface area contributed by atoms with Crippen LogP contribution in [0.4, 0.5) is 0 Å². The number of nitrogens with two attached hydrogens (primary N) is 1. The second kappa shape index (κ2) is 4.31. The maximum atomic E-state index is 5.66. The molecule has 2 N–H and O–H groups in total. The van der Waals surface area contributed by atoms with E-state index in [-0.39, 0.29) is 0 Å². The van der Waals surface area contributed by atoms with Crippen LogP contribution >= 0.6 is 0 Å². The summed E-state index contributed by atoms with van der Waals surface area (Å²) in [7, 11) is 0. The van der Waals surface area contributed by atoms with E-state index in [2.05, 4.69) is 28.6 Å². The van der Waals surface area contributed by atoms with Gasteiger partial charge in [-0.25, -0.2) is 0 Å². The van der Waals surface area contributed by atoms with Crippen LogP contribution in [-0.2, 0) is 13.0 Å². The van der Waals surface area contributed by atoms with Crippen LogP contribution in [0.5, 0.6) is 0 Å². The Labute approximate surface area is 90.9 Å². The third kappa shape index (κ3) is 2.37. The van der Waals surface area contributed by atoms with Crippen molar-refractivity contribution in [2.24, 2.45) is 11.7 Å². The van der Waals surface area contributed by atoms with Crippen LogP contribution in [0.2, 0.25) is 0 Å². The maximum Gasteiger partial charge on any atom is 0.147 e. The van der Waals surface area contributed by atoms with Crippen LogP contribution in [0.25, 0.3) is 0 Å². The molecule has 1 heterocycles. The lowest BCUT2D eigenvalue weighted by Gasteiger charge is -2.08. The maximum absolute atomic E-state index is 5.66. The summed E-state index contributed by atoms with van der Waals surface area (Å²) in [5, 5.41) is 8.41. The molecule has 15 heavy (non-hydrogen) atoms. The molecule has 1 saturated carbocycles. The molecule has 84 valence electrons. The van der Waals surface area contributed by atoms with Crippen LogP contribution in [0.15, 0.2) is 0 Å². The smallest absolute Gasteiger partial charge is 0.147 e. The topological polar surface area (TPSA) is 56.7 Å². The number of aryl methyl sites for hydroxylation is 1. The lowest BCUT2D eigenvalue weighted by molar-refractivity contribution is 0.550. The van der Waals surface area contributed by atoms with Gasteiger partial charge in [0.05, 0.1) is 6.54 Å². The van der Waals surface area contributed by atoms with Crippen molar-refractivity contribution >= 4 is 0 Å². The fourth-order valence-corrected chi connectivity index (χ4v) is 1.84. The Morgan fingerprint density at radius 3 is 2.53 bits per heavy atom. The Bertz CT molecular complexity index is 325. The van der Waals surface area contributed by atoms with Gasteiger partial charge in [-0.05, 0) is 25.2 Å². The van der Waals surface area contributed by atoms with Gasteiger partial charge in [0.2, 0.25) is 0 Å². The Kier molecular flexibility index (Phi) is 3.05. The largest absolute Gasteiger partial charge is 0.324 e. The van der Waals surface area contributed by atoms with Crippen molar-refractivity contribution in [2.75, 3.05) is 0 Å². The van der Waals surface area contributed by atoms with E-state index in [9.17, 15) is 0 Å². The molecule has 1 aromatic rings. The van der Waals surface area contributed by atoms with Crippen molar-refractivity contribution in [2.45, 2.75) is 52.1 Å². The Balaban J connectivity index is 2.11. The minimum atomic E-state index is 0.505. The lowest BCUT2D eigenvalue weighted by atomic mass is 10.1. The molecule has 0 aromatic carbocycles. The molecule has 0 aliphatic heterocycles. The van der Waals surface area contributed by atoms with Crippen molar-refractivity contribution in [1.82, 2.24) is 14.8 Å². The quantitative estimate of drug-likeness (QED) is 0.800. The molecule has 0 amide bonds. The average molecular weight is 208 g/mol. The molecule has 0 bridgehead atoms. The molecule has 1 aliphatic carbocycles. The summed E-state index contributed by atoms with van der Waals surface area (Å²) in [5.74, 6) is 2.80. The van der Waals surface area contributed by atoms with E-state index in [4.69, 9.17) is 5.73 Å². The van der Waals surface area contributed by atoms with Gasteiger partial charge < -0.3 is 10.3 Å². The van der Waals surface area contributed by atoms with Crippen LogP contribution in [-0.4, -0.2) is 14.8 Å². The second-order valence-corrected chi connectivity index (χ2v) is 4.77. The zero-order valence-electron chi connectivity index (χ0n) is 9.61. The van der Waals surface area contributed by atoms with Crippen molar-refractivity contribution in [3.63, 3.8) is 0 Å². The fraction of sp³-hybridized carbons (Fsp3) is 0.818. The molecule has 0 spiro atoms. The first-order chi connectivity index (χ1) is 7.22. The van der Waals surface area contributed by atoms with E-state index in [1.165, 1.54) is 19.3 Å². The van der Waals surface area contributed by atoms with E-state index >= 15 is 0 Å². The van der Waals surface area contributed by atoms with Crippen molar-refractivity contribution < 1.29 is 0 Å². The molecule has 1 aliphatic rings. The van der Waals surface area contributed by atoms with Gasteiger partial charge in [-0.2, -0.15) is 0 Å². The van der Waals surface area contributed by atoms with E-state index in [0.29, 0.717) is 12.6 Å². The van der Waals surface area contributed by atoms with Gasteiger partial charge in [0.15, 0.2) is 0 Å². The van der Waals surface area contributed by atoms with Crippen molar-refractivity contribution in [3.8, 4) is 0 Å². The van der Waals surface area contributed by atoms with Gasteiger partial charge in [-0.3, -0.25) is 0 Å². The third-order valence-corrected chi connectivity index (χ3v) is 2.88. The highest BCUT2D eigenvalue weighted by atomic mass is 15.3. The Hall–Kier alpha value is -0.900. The Morgan fingerprint density at radius 2 is 2.00 bits per heavy atom. The average Bonchev–Trinajstić information content (AvgIpc) is 2.96. The van der Waals surface area contributed by atoms with Gasteiger partial charge in [0.25, 0.3) is 0 Å². The summed E-state index contributed by atoms with van der Waals surface area (Å²) in [5.41, 5.74) is 5.66. The molecule has 0 atom stereocenters. The first kappa shape index (κ1) is 10.6. The molecular weight excluding hydrogens is 188 g/mol. The van der Waals surface area contributed by atoms with Gasteiger partial charge in [-0.1, -0.05) is 13.8 Å². The summed E-state index contributed by atoms with van der Waals surface area (Å²) in [4.78, 5) is 0. The van der Waals surface area contributed by atoms with E-state index in [0.717, 1.165) is 24.0 Å². The number of hydrogen-bond acceptors (Lipinski definition) is 3. The van der Waals surface area contributed by atoms with E-state index < -0.39 is 0 Å². The summed E-state index contributed by atoms with van der Waals surface area (Å²) in [6.07, 6.45) is 4.73. The molecular formula is C11H20N4. The van der Waals surface area contributed by atoms with Gasteiger partial charge in [0, 0.05) is 12.5 Å². The highest BCUT2D eigenvalue weighted by Crippen LogP contribution is 2.36. The summed E-state index contributed by atoms with van der Waals surface area (Å²) in [6, 6.07) is 0.640. The predicted molar refractivity (Wildman–Crippen MR) is 59.3 cm³/mol. The molecule has 0 radical (unpaired) electrons. The van der Waals surface area contributed by atoms with Crippen molar-refractivity contribution in [1.29, 1.82) is 0 Å². The van der Waals surface area contributed by atoms with E-state index in [1.54, 1.807) is 0 Å². The third-order valence-electron chi connectivity index (χ3n) is 2.88. The van der Waals surface area contributed by atoms with Gasteiger partial charge in [-0.15, -0.1) is 10.2 Å². The van der Waals surface area contributed by atoms with Crippen LogP contribution in [0, 0.1) is 5.92 Å². The van der Waals surface area contributed by atoms with Crippen LogP contribution in [0.1, 0.15) is 50.8 Å². The molecule has 4 nitrogen and oxygen atoms in total. The first-order valence-corrected chi connectivity index (χ1v) is 5.85. The Morgan fingerprint density at radius 1 is 1.33 bits per heavy atom. The first-order valence-electron chi connectivity index (χ1n) is 5.85. The normalized spacial score (nSPS) is 16.3. The molecule has 4 heteroatoms.